The van der Waals surface area contributed by atoms with Crippen molar-refractivity contribution in [1.82, 2.24) is 4.31 Å². The molecule has 0 saturated carbocycles. The molecule has 1 N–H and O–H groups in total. The van der Waals surface area contributed by atoms with Gasteiger partial charge in [-0.05, 0) is 42.8 Å². The van der Waals surface area contributed by atoms with E-state index in [0.717, 1.165) is 6.07 Å². The number of hydrogen-bond donors (Lipinski definition) is 1. The van der Waals surface area contributed by atoms with Crippen LogP contribution in [0.5, 0.6) is 5.75 Å². The molecular weight excluding hydrogens is 423 g/mol. The molecule has 0 bridgehead atoms. The molecule has 1 heterocycles. The number of hydrogen-bond acceptors (Lipinski definition) is 5. The largest absolute Gasteiger partial charge is 0.482 e. The minimum atomic E-state index is -3.70. The Morgan fingerprint density at radius 3 is 2.66 bits per heavy atom. The molecule has 1 aliphatic rings. The number of sulfonamides is 1. The van der Waals surface area contributed by atoms with Gasteiger partial charge in [0.25, 0.3) is 5.91 Å². The number of amides is 1. The first-order valence-corrected chi connectivity index (χ1v) is 10.7. The van der Waals surface area contributed by atoms with Gasteiger partial charge in [-0.1, -0.05) is 17.7 Å². The number of aryl methyl sites for hydroxylation is 1. The van der Waals surface area contributed by atoms with E-state index in [9.17, 15) is 17.6 Å². The van der Waals surface area contributed by atoms with Crippen LogP contribution in [0, 0.1) is 12.7 Å². The van der Waals surface area contributed by atoms with Gasteiger partial charge in [0.05, 0.1) is 23.1 Å². The van der Waals surface area contributed by atoms with E-state index in [1.54, 1.807) is 19.1 Å². The lowest BCUT2D eigenvalue weighted by Gasteiger charge is -2.26. The Bertz CT molecular complexity index is 1010. The maximum absolute atomic E-state index is 13.1. The van der Waals surface area contributed by atoms with Gasteiger partial charge in [0, 0.05) is 18.8 Å². The summed E-state index contributed by atoms with van der Waals surface area (Å²) in [6.07, 6.45) is 0. The monoisotopic (exact) mass is 442 g/mol. The highest BCUT2D eigenvalue weighted by molar-refractivity contribution is 7.89. The number of nitrogens with zero attached hydrogens (tertiary/aromatic N) is 1. The number of morpholine rings is 1. The van der Waals surface area contributed by atoms with Gasteiger partial charge in [0.2, 0.25) is 10.0 Å². The summed E-state index contributed by atoms with van der Waals surface area (Å²) in [5.41, 5.74) is 0.894. The van der Waals surface area contributed by atoms with Gasteiger partial charge < -0.3 is 14.8 Å². The maximum atomic E-state index is 13.1. The van der Waals surface area contributed by atoms with Crippen LogP contribution in [-0.2, 0) is 19.6 Å². The molecular formula is C19H20ClFN2O5S. The fourth-order valence-electron chi connectivity index (χ4n) is 2.81. The van der Waals surface area contributed by atoms with E-state index in [-0.39, 0.29) is 35.4 Å². The van der Waals surface area contributed by atoms with Crippen LogP contribution in [0.1, 0.15) is 5.56 Å². The van der Waals surface area contributed by atoms with Gasteiger partial charge in [-0.3, -0.25) is 4.79 Å². The number of anilines is 1. The van der Waals surface area contributed by atoms with E-state index < -0.39 is 21.7 Å². The number of benzene rings is 2. The van der Waals surface area contributed by atoms with Crippen molar-refractivity contribution >= 4 is 33.2 Å². The molecule has 1 aliphatic heterocycles. The average Bonchev–Trinajstić information content (AvgIpc) is 2.69. The molecule has 1 saturated heterocycles. The number of ether oxygens (including phenoxy) is 2. The first-order valence-electron chi connectivity index (χ1n) is 8.83. The molecule has 1 fully saturated rings. The van der Waals surface area contributed by atoms with Crippen LogP contribution in [0.2, 0.25) is 5.02 Å². The summed E-state index contributed by atoms with van der Waals surface area (Å²) >= 11 is 5.86. The van der Waals surface area contributed by atoms with Crippen LogP contribution in [0.15, 0.2) is 41.3 Å². The molecule has 7 nitrogen and oxygen atoms in total. The summed E-state index contributed by atoms with van der Waals surface area (Å²) in [7, 11) is -3.70. The van der Waals surface area contributed by atoms with E-state index in [1.807, 2.05) is 0 Å². The Balaban J connectivity index is 1.69. The zero-order valence-electron chi connectivity index (χ0n) is 15.7. The molecule has 0 spiro atoms. The zero-order valence-corrected chi connectivity index (χ0v) is 17.2. The molecule has 29 heavy (non-hydrogen) atoms. The highest BCUT2D eigenvalue weighted by Crippen LogP contribution is 2.26. The summed E-state index contributed by atoms with van der Waals surface area (Å²) < 4.78 is 50.7. The molecule has 0 aliphatic carbocycles. The number of halogens is 2. The van der Waals surface area contributed by atoms with Crippen molar-refractivity contribution in [3.05, 3.63) is 52.8 Å². The molecule has 0 radical (unpaired) electrons. The molecule has 1 amide bonds. The first kappa shape index (κ1) is 21.5. The maximum Gasteiger partial charge on any atom is 0.262 e. The minimum absolute atomic E-state index is 0.0482. The summed E-state index contributed by atoms with van der Waals surface area (Å²) in [6, 6.07) is 8.23. The fraction of sp³-hybridized carbons (Fsp3) is 0.316. The third-order valence-corrected chi connectivity index (χ3v) is 6.65. The Morgan fingerprint density at radius 1 is 1.24 bits per heavy atom. The second-order valence-corrected chi connectivity index (χ2v) is 8.72. The van der Waals surface area contributed by atoms with Gasteiger partial charge in [0.15, 0.2) is 6.61 Å². The lowest BCUT2D eigenvalue weighted by molar-refractivity contribution is -0.118. The summed E-state index contributed by atoms with van der Waals surface area (Å²) in [4.78, 5) is 12.3. The van der Waals surface area contributed by atoms with E-state index >= 15 is 0 Å². The minimum Gasteiger partial charge on any atom is -0.482 e. The predicted molar refractivity (Wildman–Crippen MR) is 106 cm³/mol. The van der Waals surface area contributed by atoms with Crippen LogP contribution in [0.25, 0.3) is 0 Å². The van der Waals surface area contributed by atoms with Crippen molar-refractivity contribution in [2.75, 3.05) is 38.2 Å². The molecule has 2 aromatic carbocycles. The quantitative estimate of drug-likeness (QED) is 0.743. The SMILES string of the molecule is Cc1ccc(NC(=O)COc2ccc(F)cc2Cl)cc1S(=O)(=O)N1CCOCC1. The van der Waals surface area contributed by atoms with Crippen LogP contribution >= 0.6 is 11.6 Å². The lowest BCUT2D eigenvalue weighted by Crippen LogP contribution is -2.40. The van der Waals surface area contributed by atoms with Crippen molar-refractivity contribution in [3.8, 4) is 5.75 Å². The molecule has 156 valence electrons. The highest BCUT2D eigenvalue weighted by Gasteiger charge is 2.28. The number of carbonyl (C=O) groups excluding carboxylic acids is 1. The lowest BCUT2D eigenvalue weighted by atomic mass is 10.2. The highest BCUT2D eigenvalue weighted by atomic mass is 35.5. The molecule has 0 aromatic heterocycles. The first-order chi connectivity index (χ1) is 13.8. The third kappa shape index (κ3) is 5.24. The molecule has 0 atom stereocenters. The summed E-state index contributed by atoms with van der Waals surface area (Å²) in [6.45, 7) is 2.58. The number of rotatable bonds is 6. The molecule has 10 heteroatoms. The van der Waals surface area contributed by atoms with Gasteiger partial charge in [-0.25, -0.2) is 12.8 Å². The van der Waals surface area contributed by atoms with E-state index in [1.165, 1.54) is 22.5 Å². The van der Waals surface area contributed by atoms with E-state index in [4.69, 9.17) is 21.1 Å². The average molecular weight is 443 g/mol. The van der Waals surface area contributed by atoms with Crippen LogP contribution in [0.3, 0.4) is 0 Å². The number of nitrogens with one attached hydrogen (secondary N) is 1. The Labute approximate surface area is 173 Å². The fourth-order valence-corrected chi connectivity index (χ4v) is 4.69. The second kappa shape index (κ2) is 9.08. The van der Waals surface area contributed by atoms with Crippen LogP contribution < -0.4 is 10.1 Å². The Kier molecular flexibility index (Phi) is 6.74. The molecule has 2 aromatic rings. The van der Waals surface area contributed by atoms with Crippen molar-refractivity contribution in [2.45, 2.75) is 11.8 Å². The normalized spacial score (nSPS) is 15.1. The van der Waals surface area contributed by atoms with Gasteiger partial charge in [-0.2, -0.15) is 4.31 Å². The summed E-state index contributed by atoms with van der Waals surface area (Å²) in [5.74, 6) is -0.855. The van der Waals surface area contributed by atoms with Crippen molar-refractivity contribution in [2.24, 2.45) is 0 Å². The zero-order chi connectivity index (χ0) is 21.0. The molecule has 0 unspecified atom stereocenters. The predicted octanol–water partition coefficient (Wildman–Crippen LogP) is 2.83. The van der Waals surface area contributed by atoms with Crippen molar-refractivity contribution in [3.63, 3.8) is 0 Å². The Morgan fingerprint density at radius 2 is 1.97 bits per heavy atom. The topological polar surface area (TPSA) is 84.9 Å². The second-order valence-electron chi connectivity index (χ2n) is 6.41. The van der Waals surface area contributed by atoms with Crippen molar-refractivity contribution in [1.29, 1.82) is 0 Å². The Hall–Kier alpha value is -2.20. The van der Waals surface area contributed by atoms with E-state index in [0.29, 0.717) is 24.5 Å². The summed E-state index contributed by atoms with van der Waals surface area (Å²) in [5, 5.41) is 2.65. The third-order valence-electron chi connectivity index (χ3n) is 4.31. The van der Waals surface area contributed by atoms with E-state index in [2.05, 4.69) is 5.32 Å². The smallest absolute Gasteiger partial charge is 0.262 e. The van der Waals surface area contributed by atoms with Gasteiger partial charge >= 0.3 is 0 Å². The van der Waals surface area contributed by atoms with Crippen LogP contribution in [0.4, 0.5) is 10.1 Å². The van der Waals surface area contributed by atoms with Gasteiger partial charge in [0.1, 0.15) is 11.6 Å². The van der Waals surface area contributed by atoms with Crippen molar-refractivity contribution < 1.29 is 27.1 Å². The standard InChI is InChI=1S/C19H20ClFN2O5S/c1-13-2-4-15(11-18(13)29(25,26)23-6-8-27-9-7-23)22-19(24)12-28-17-5-3-14(21)10-16(17)20/h2-5,10-11H,6-9,12H2,1H3,(H,22,24). The number of carbonyl (C=O) groups is 1. The van der Waals surface area contributed by atoms with Crippen LogP contribution in [-0.4, -0.2) is 51.5 Å². The van der Waals surface area contributed by atoms with Gasteiger partial charge in [-0.15, -0.1) is 0 Å². The molecule has 3 rings (SSSR count).